The van der Waals surface area contributed by atoms with Crippen LogP contribution in [0.5, 0.6) is 5.75 Å². The number of nitrogens with zero attached hydrogens (tertiary/aromatic N) is 1. The van der Waals surface area contributed by atoms with E-state index in [1.807, 2.05) is 24.3 Å². The van der Waals surface area contributed by atoms with Gasteiger partial charge in [-0.25, -0.2) is 4.98 Å². The van der Waals surface area contributed by atoms with Gasteiger partial charge in [0.25, 0.3) is 5.91 Å². The number of hydrogen-bond donors (Lipinski definition) is 2. The number of phenolic OH excluding ortho intramolecular Hbond substituents is 1. The predicted octanol–water partition coefficient (Wildman–Crippen LogP) is 5.22. The number of carbonyl (C=O) groups is 1. The van der Waals surface area contributed by atoms with Crippen LogP contribution in [0, 0.1) is 0 Å². The highest BCUT2D eigenvalue weighted by molar-refractivity contribution is 9.10. The molecule has 0 bridgehead atoms. The van der Waals surface area contributed by atoms with Crippen LogP contribution in [0.3, 0.4) is 0 Å². The first-order valence-corrected chi connectivity index (χ1v) is 8.65. The molecule has 1 aromatic heterocycles. The monoisotopic (exact) mass is 408 g/mol. The van der Waals surface area contributed by atoms with E-state index >= 15 is 0 Å². The van der Waals surface area contributed by atoms with Gasteiger partial charge < -0.3 is 14.8 Å². The first kappa shape index (κ1) is 16.4. The molecule has 1 amide bonds. The molecule has 128 valence electrons. The first-order valence-electron chi connectivity index (χ1n) is 7.86. The maximum Gasteiger partial charge on any atom is 0.255 e. The highest BCUT2D eigenvalue weighted by Gasteiger charge is 2.14. The Bertz CT molecular complexity index is 1070. The average molecular weight is 409 g/mol. The van der Waals surface area contributed by atoms with E-state index in [-0.39, 0.29) is 11.7 Å². The minimum atomic E-state index is -0.258. The number of aromatic hydroxyl groups is 1. The number of benzene rings is 3. The van der Waals surface area contributed by atoms with Crippen LogP contribution in [0.25, 0.3) is 22.6 Å². The maximum atomic E-state index is 12.3. The summed E-state index contributed by atoms with van der Waals surface area (Å²) in [4.78, 5) is 16.6. The average Bonchev–Trinajstić information content (AvgIpc) is 3.06. The summed E-state index contributed by atoms with van der Waals surface area (Å²) in [6, 6.07) is 19.2. The van der Waals surface area contributed by atoms with Gasteiger partial charge in [0.05, 0.1) is 5.56 Å². The molecule has 4 rings (SSSR count). The fraction of sp³-hybridized carbons (Fsp3) is 0. The predicted molar refractivity (Wildman–Crippen MR) is 103 cm³/mol. The fourth-order valence-electron chi connectivity index (χ4n) is 2.58. The van der Waals surface area contributed by atoms with Gasteiger partial charge in [-0.2, -0.15) is 0 Å². The van der Waals surface area contributed by atoms with E-state index in [9.17, 15) is 9.90 Å². The van der Waals surface area contributed by atoms with Crippen LogP contribution in [0.4, 0.5) is 5.69 Å². The molecule has 1 heterocycles. The van der Waals surface area contributed by atoms with Crippen molar-refractivity contribution in [1.29, 1.82) is 0 Å². The Morgan fingerprint density at radius 1 is 1.04 bits per heavy atom. The molecule has 0 radical (unpaired) electrons. The third kappa shape index (κ3) is 3.19. The Balaban J connectivity index is 1.59. The van der Waals surface area contributed by atoms with Crippen molar-refractivity contribution in [3.8, 4) is 17.2 Å². The minimum absolute atomic E-state index is 0.0230. The summed E-state index contributed by atoms with van der Waals surface area (Å²) >= 11 is 3.33. The van der Waals surface area contributed by atoms with Gasteiger partial charge in [0, 0.05) is 21.8 Å². The van der Waals surface area contributed by atoms with Crippen LogP contribution in [0.1, 0.15) is 10.4 Å². The molecule has 0 spiro atoms. The Labute approximate surface area is 157 Å². The number of rotatable bonds is 3. The minimum Gasteiger partial charge on any atom is -0.507 e. The van der Waals surface area contributed by atoms with Gasteiger partial charge in [-0.05, 0) is 48.5 Å². The lowest BCUT2D eigenvalue weighted by Crippen LogP contribution is -2.11. The molecule has 26 heavy (non-hydrogen) atoms. The van der Waals surface area contributed by atoms with Crippen LogP contribution < -0.4 is 5.32 Å². The summed E-state index contributed by atoms with van der Waals surface area (Å²) < 4.78 is 6.57. The molecular formula is C20H13BrN2O3. The Hall–Kier alpha value is -3.12. The summed E-state index contributed by atoms with van der Waals surface area (Å²) in [5, 5.41) is 13.1. The van der Waals surface area contributed by atoms with Crippen molar-refractivity contribution >= 4 is 38.6 Å². The van der Waals surface area contributed by atoms with Crippen molar-refractivity contribution < 1.29 is 14.3 Å². The summed E-state index contributed by atoms with van der Waals surface area (Å²) in [5.74, 6) is 0.0474. The molecular weight excluding hydrogens is 396 g/mol. The molecule has 0 saturated heterocycles. The molecule has 6 heteroatoms. The molecule has 0 saturated carbocycles. The fourth-order valence-corrected chi connectivity index (χ4v) is 2.85. The standard InChI is InChI=1S/C20H13BrN2O3/c21-13-7-5-12(6-8-13)19(25)22-14-9-10-15(17(24)11-14)20-23-16-3-1-2-4-18(16)26-20/h1-11,24H,(H,22,25). The van der Waals surface area contributed by atoms with Gasteiger partial charge in [0.2, 0.25) is 5.89 Å². The van der Waals surface area contributed by atoms with E-state index in [1.165, 1.54) is 6.07 Å². The van der Waals surface area contributed by atoms with Crippen molar-refractivity contribution in [3.63, 3.8) is 0 Å². The Morgan fingerprint density at radius 2 is 1.81 bits per heavy atom. The van der Waals surface area contributed by atoms with Crippen molar-refractivity contribution in [2.45, 2.75) is 0 Å². The van der Waals surface area contributed by atoms with Gasteiger partial charge in [0.1, 0.15) is 11.3 Å². The molecule has 0 unspecified atom stereocenters. The van der Waals surface area contributed by atoms with E-state index in [4.69, 9.17) is 4.42 Å². The lowest BCUT2D eigenvalue weighted by molar-refractivity contribution is 0.102. The van der Waals surface area contributed by atoms with E-state index < -0.39 is 0 Å². The molecule has 2 N–H and O–H groups in total. The molecule has 5 nitrogen and oxygen atoms in total. The molecule has 3 aromatic carbocycles. The van der Waals surface area contributed by atoms with E-state index in [1.54, 1.807) is 36.4 Å². The number of amides is 1. The quantitative estimate of drug-likeness (QED) is 0.487. The number of para-hydroxylation sites is 2. The van der Waals surface area contributed by atoms with Gasteiger partial charge >= 0.3 is 0 Å². The second-order valence-corrected chi connectivity index (χ2v) is 6.60. The van der Waals surface area contributed by atoms with E-state index in [0.717, 1.165) is 9.99 Å². The molecule has 4 aromatic rings. The number of anilines is 1. The lowest BCUT2D eigenvalue weighted by atomic mass is 10.1. The van der Waals surface area contributed by atoms with Crippen LogP contribution in [-0.4, -0.2) is 16.0 Å². The summed E-state index contributed by atoms with van der Waals surface area (Å²) in [6.45, 7) is 0. The Kier molecular flexibility index (Phi) is 4.18. The van der Waals surface area contributed by atoms with Crippen LogP contribution in [0.2, 0.25) is 0 Å². The normalized spacial score (nSPS) is 10.8. The summed E-state index contributed by atoms with van der Waals surface area (Å²) in [5.41, 5.74) is 2.83. The number of oxazole rings is 1. The zero-order chi connectivity index (χ0) is 18.1. The zero-order valence-electron chi connectivity index (χ0n) is 13.4. The molecule has 0 aliphatic heterocycles. The molecule has 0 aliphatic rings. The number of phenols is 1. The van der Waals surface area contributed by atoms with Gasteiger partial charge in [-0.3, -0.25) is 4.79 Å². The van der Waals surface area contributed by atoms with Gasteiger partial charge in [-0.15, -0.1) is 0 Å². The van der Waals surface area contributed by atoms with Crippen molar-refractivity contribution in [1.82, 2.24) is 4.98 Å². The highest BCUT2D eigenvalue weighted by atomic mass is 79.9. The van der Waals surface area contributed by atoms with Crippen LogP contribution >= 0.6 is 15.9 Å². The summed E-state index contributed by atoms with van der Waals surface area (Å²) in [7, 11) is 0. The van der Waals surface area contributed by atoms with Crippen molar-refractivity contribution in [3.05, 3.63) is 76.8 Å². The molecule has 0 atom stereocenters. The number of hydrogen-bond acceptors (Lipinski definition) is 4. The van der Waals surface area contributed by atoms with E-state index in [2.05, 4.69) is 26.2 Å². The van der Waals surface area contributed by atoms with Crippen molar-refractivity contribution in [2.75, 3.05) is 5.32 Å². The Morgan fingerprint density at radius 3 is 2.54 bits per heavy atom. The first-order chi connectivity index (χ1) is 12.6. The van der Waals surface area contributed by atoms with Gasteiger partial charge in [-0.1, -0.05) is 28.1 Å². The molecule has 0 aliphatic carbocycles. The number of fused-ring (bicyclic) bond motifs is 1. The third-order valence-corrected chi connectivity index (χ3v) is 4.41. The highest BCUT2D eigenvalue weighted by Crippen LogP contribution is 2.33. The summed E-state index contributed by atoms with van der Waals surface area (Å²) in [6.07, 6.45) is 0. The largest absolute Gasteiger partial charge is 0.507 e. The lowest BCUT2D eigenvalue weighted by Gasteiger charge is -2.07. The third-order valence-electron chi connectivity index (χ3n) is 3.89. The van der Waals surface area contributed by atoms with Gasteiger partial charge in [0.15, 0.2) is 5.58 Å². The molecule has 0 fully saturated rings. The zero-order valence-corrected chi connectivity index (χ0v) is 15.0. The maximum absolute atomic E-state index is 12.3. The van der Waals surface area contributed by atoms with Crippen molar-refractivity contribution in [2.24, 2.45) is 0 Å². The van der Waals surface area contributed by atoms with E-state index in [0.29, 0.717) is 28.3 Å². The number of halogens is 1. The number of carbonyl (C=O) groups excluding carboxylic acids is 1. The number of aromatic nitrogens is 1. The number of nitrogens with one attached hydrogen (secondary N) is 1. The smallest absolute Gasteiger partial charge is 0.255 e. The van der Waals surface area contributed by atoms with Crippen LogP contribution in [-0.2, 0) is 0 Å². The SMILES string of the molecule is O=C(Nc1ccc(-c2nc3ccccc3o2)c(O)c1)c1ccc(Br)cc1. The second kappa shape index (κ2) is 6.65. The topological polar surface area (TPSA) is 75.4 Å². The van der Waals surface area contributed by atoms with Crippen LogP contribution in [0.15, 0.2) is 75.6 Å². The second-order valence-electron chi connectivity index (χ2n) is 5.68.